The van der Waals surface area contributed by atoms with Crippen molar-refractivity contribution < 1.29 is 35.8 Å². The summed E-state index contributed by atoms with van der Waals surface area (Å²) in [5.41, 5.74) is 0. The van der Waals surface area contributed by atoms with Gasteiger partial charge in [-0.05, 0) is 0 Å². The molecular weight excluding hydrogens is 365 g/mol. The molecule has 92 valence electrons. The predicted octanol–water partition coefficient (Wildman–Crippen LogP) is 0.354. The zero-order chi connectivity index (χ0) is 12.6. The van der Waals surface area contributed by atoms with Gasteiger partial charge in [0.1, 0.15) is 0 Å². The molecule has 6 heteroatoms. The van der Waals surface area contributed by atoms with Crippen LogP contribution in [-0.4, -0.2) is 30.7 Å². The number of carbonyl (C=O) groups is 2. The monoisotopic (exact) mass is 378 g/mol. The Morgan fingerprint density at radius 3 is 1.56 bits per heavy atom. The first-order valence-corrected chi connectivity index (χ1v) is 8.16. The van der Waals surface area contributed by atoms with Crippen LogP contribution in [0.15, 0.2) is 36.5 Å². The van der Waals surface area contributed by atoms with Crippen molar-refractivity contribution in [2.24, 2.45) is 0 Å². The summed E-state index contributed by atoms with van der Waals surface area (Å²) in [5, 5.41) is 0. The van der Waals surface area contributed by atoms with E-state index in [9.17, 15) is 9.59 Å². The molecule has 2 rings (SSSR count). The van der Waals surface area contributed by atoms with Crippen LogP contribution in [0.3, 0.4) is 0 Å². The van der Waals surface area contributed by atoms with Crippen LogP contribution in [0.1, 0.15) is 12.8 Å². The van der Waals surface area contributed by atoms with Crippen molar-refractivity contribution in [3.8, 4) is 0 Å². The van der Waals surface area contributed by atoms with Crippen molar-refractivity contribution in [3.05, 3.63) is 48.6 Å². The first-order valence-electron chi connectivity index (χ1n) is 5.19. The number of carbonyl (C=O) groups excluding carboxylic acids is 2. The molecule has 4 nitrogen and oxygen atoms in total. The summed E-state index contributed by atoms with van der Waals surface area (Å²) in [6, 6.07) is 0. The standard InChI is InChI=1S/2C5H5.2CH3NO.Ga.Zr.H/c2*1-2-4-5-3-1;2*2-1-3;;;/h2*1-3H,4H2;2*1H,(H2,2,3);;;/q2*-1;;;2*+2;/p-2. The van der Waals surface area contributed by atoms with E-state index in [-0.39, 0.29) is 26.2 Å². The van der Waals surface area contributed by atoms with Crippen LogP contribution in [0.4, 0.5) is 0 Å². The Morgan fingerprint density at radius 2 is 1.39 bits per heavy atom. The Balaban J connectivity index is 0. The molecule has 0 saturated carbocycles. The summed E-state index contributed by atoms with van der Waals surface area (Å²) < 4.78 is 4.83. The third kappa shape index (κ3) is 17.8. The van der Waals surface area contributed by atoms with Crippen molar-refractivity contribution in [2.75, 3.05) is 0 Å². The molecule has 0 heterocycles. The topological polar surface area (TPSA) is 58.2 Å². The zero-order valence-corrected chi connectivity index (χ0v) is 15.5. The fraction of sp³-hybridized carbons (Fsp3) is 0.167. The number of hydrogen-bond acceptors (Lipinski definition) is 2. The van der Waals surface area contributed by atoms with Crippen LogP contribution in [0.5, 0.6) is 0 Å². The molecule has 0 unspecified atom stereocenters. The molecule has 0 aromatic rings. The van der Waals surface area contributed by atoms with Gasteiger partial charge >= 0.3 is 74.6 Å². The SMILES string of the molecule is O=C[NH][GaH][NH]C=O.[C-]1=CC=CC1.[C-]1=CC=CC1.[Zr+2]. The minimum absolute atomic E-state index is 0. The molecule has 0 aromatic heterocycles. The summed E-state index contributed by atoms with van der Waals surface area (Å²) in [5.74, 6) is 0. The van der Waals surface area contributed by atoms with E-state index < -0.39 is 17.9 Å². The van der Waals surface area contributed by atoms with Crippen LogP contribution in [0, 0.1) is 12.2 Å². The summed E-state index contributed by atoms with van der Waals surface area (Å²) in [7, 11) is 0. The molecule has 2 aliphatic rings. The second kappa shape index (κ2) is 18.8. The van der Waals surface area contributed by atoms with E-state index in [1.54, 1.807) is 0 Å². The van der Waals surface area contributed by atoms with E-state index in [0.717, 1.165) is 12.8 Å². The van der Waals surface area contributed by atoms with E-state index in [1.807, 2.05) is 24.3 Å². The van der Waals surface area contributed by atoms with Gasteiger partial charge in [0.05, 0.1) is 0 Å². The maximum atomic E-state index is 9.46. The van der Waals surface area contributed by atoms with Gasteiger partial charge in [-0.3, -0.25) is 12.2 Å². The second-order valence-corrected chi connectivity index (χ2v) is 5.28. The van der Waals surface area contributed by atoms with Gasteiger partial charge in [0, 0.05) is 0 Å². The maximum Gasteiger partial charge on any atom is 2.00 e. The first-order chi connectivity index (χ1) is 8.41. The maximum absolute atomic E-state index is 9.46. The van der Waals surface area contributed by atoms with Crippen molar-refractivity contribution in [3.63, 3.8) is 0 Å². The van der Waals surface area contributed by atoms with Gasteiger partial charge in [-0.2, -0.15) is 12.2 Å². The van der Waals surface area contributed by atoms with E-state index in [4.69, 9.17) is 0 Å². The molecular formula is C12H15GaN2O2Zr. The zero-order valence-electron chi connectivity index (χ0n) is 10.1. The van der Waals surface area contributed by atoms with Crippen LogP contribution >= 0.6 is 0 Å². The second-order valence-electron chi connectivity index (χ2n) is 2.83. The van der Waals surface area contributed by atoms with Gasteiger partial charge in [-0.1, -0.05) is 0 Å². The van der Waals surface area contributed by atoms with Gasteiger partial charge in [0.2, 0.25) is 0 Å². The van der Waals surface area contributed by atoms with Gasteiger partial charge in [-0.15, -0.1) is 12.8 Å². The molecule has 0 fully saturated rings. The van der Waals surface area contributed by atoms with E-state index in [1.165, 1.54) is 0 Å². The predicted molar refractivity (Wildman–Crippen MR) is 68.7 cm³/mol. The van der Waals surface area contributed by atoms with Crippen LogP contribution in [-0.2, 0) is 35.8 Å². The fourth-order valence-corrected chi connectivity index (χ4v) is 1.42. The molecule has 18 heavy (non-hydrogen) atoms. The summed E-state index contributed by atoms with van der Waals surface area (Å²) in [6.07, 6.45) is 21.2. The van der Waals surface area contributed by atoms with Crippen molar-refractivity contribution >= 4 is 30.7 Å². The van der Waals surface area contributed by atoms with Crippen molar-refractivity contribution in [1.82, 2.24) is 8.05 Å². The molecule has 0 spiro atoms. The quantitative estimate of drug-likeness (QED) is 0.320. The Kier molecular flexibility index (Phi) is 20.6. The summed E-state index contributed by atoms with van der Waals surface area (Å²) >= 11 is -1.18. The van der Waals surface area contributed by atoms with Gasteiger partial charge in [0.15, 0.2) is 0 Å². The normalized spacial score (nSPS) is 12.2. The minimum Gasteiger partial charge on any atom is -0.273 e. The van der Waals surface area contributed by atoms with Crippen LogP contribution in [0.2, 0.25) is 0 Å². The fourth-order valence-electron chi connectivity index (χ4n) is 0.823. The Bertz CT molecular complexity index is 265. The number of hydrogen-bond donors (Lipinski definition) is 2. The number of nitrogens with one attached hydrogen (secondary N) is 2. The molecule has 0 atom stereocenters. The summed E-state index contributed by atoms with van der Waals surface area (Å²) in [4.78, 5) is 18.9. The Labute approximate surface area is 135 Å². The average molecular weight is 380 g/mol. The van der Waals surface area contributed by atoms with Crippen LogP contribution < -0.4 is 8.05 Å². The molecule has 2 N–H and O–H groups in total. The molecule has 2 amide bonds. The molecule has 0 bridgehead atoms. The van der Waals surface area contributed by atoms with Gasteiger partial charge < -0.3 is 0 Å². The Hall–Kier alpha value is -0.581. The molecule has 0 aliphatic heterocycles. The third-order valence-electron chi connectivity index (χ3n) is 1.54. The number of allylic oxidation sites excluding steroid dienone is 8. The molecule has 0 radical (unpaired) electrons. The largest absolute Gasteiger partial charge is 2.00 e. The molecule has 0 saturated heterocycles. The minimum atomic E-state index is -1.18. The van der Waals surface area contributed by atoms with Gasteiger partial charge in [-0.25, -0.2) is 24.3 Å². The Morgan fingerprint density at radius 1 is 0.944 bits per heavy atom. The average Bonchev–Trinajstić information content (AvgIpc) is 3.08. The smallest absolute Gasteiger partial charge is 0.273 e. The van der Waals surface area contributed by atoms with E-state index >= 15 is 0 Å². The first kappa shape index (κ1) is 19.8. The molecule has 0 aromatic carbocycles. The van der Waals surface area contributed by atoms with E-state index in [0.29, 0.717) is 12.8 Å². The van der Waals surface area contributed by atoms with E-state index in [2.05, 4.69) is 32.4 Å². The van der Waals surface area contributed by atoms with Crippen molar-refractivity contribution in [1.29, 1.82) is 0 Å². The van der Waals surface area contributed by atoms with Crippen molar-refractivity contribution in [2.45, 2.75) is 12.8 Å². The summed E-state index contributed by atoms with van der Waals surface area (Å²) in [6.45, 7) is 0. The molecule has 2 aliphatic carbocycles. The number of amides is 2. The van der Waals surface area contributed by atoms with Gasteiger partial charge in [0.25, 0.3) is 0 Å². The van der Waals surface area contributed by atoms with Crippen LogP contribution in [0.25, 0.3) is 0 Å². The third-order valence-corrected chi connectivity index (χ3v) is 3.10. The number of rotatable bonds is 4.